The highest BCUT2D eigenvalue weighted by Gasteiger charge is 2.25. The van der Waals surface area contributed by atoms with E-state index < -0.39 is 10.0 Å². The Kier molecular flexibility index (Phi) is 4.08. The maximum absolute atomic E-state index is 12.5. The number of benzene rings is 1. The SMILES string of the molecule is Cc1cc(C(C)(C)C)ccc1NS(=O)(=O)c1c(C)noc1C. The summed E-state index contributed by atoms with van der Waals surface area (Å²) in [6.45, 7) is 11.5. The molecule has 0 amide bonds. The maximum atomic E-state index is 12.5. The number of hydrogen-bond acceptors (Lipinski definition) is 4. The van der Waals surface area contributed by atoms with Gasteiger partial charge in [0.2, 0.25) is 0 Å². The Morgan fingerprint density at radius 1 is 1.14 bits per heavy atom. The van der Waals surface area contributed by atoms with Crippen LogP contribution in [0.15, 0.2) is 27.6 Å². The molecular formula is C16H22N2O3S. The van der Waals surface area contributed by atoms with Crippen LogP contribution in [0.3, 0.4) is 0 Å². The molecule has 0 spiro atoms. The number of aromatic nitrogens is 1. The predicted octanol–water partition coefficient (Wildman–Crippen LogP) is 3.70. The molecule has 0 aliphatic heterocycles. The standard InChI is InChI=1S/C16H22N2O3S/c1-10-9-13(16(4,5)6)7-8-14(10)18-22(19,20)15-11(2)17-21-12(15)3/h7-9,18H,1-6H3. The Bertz CT molecular complexity index is 780. The molecule has 0 unspecified atom stereocenters. The molecule has 0 radical (unpaired) electrons. The first kappa shape index (κ1) is 16.5. The van der Waals surface area contributed by atoms with Crippen molar-refractivity contribution in [2.75, 3.05) is 4.72 Å². The third-order valence-electron chi connectivity index (χ3n) is 3.57. The largest absolute Gasteiger partial charge is 0.360 e. The van der Waals surface area contributed by atoms with Crippen LogP contribution in [0.1, 0.15) is 43.4 Å². The van der Waals surface area contributed by atoms with E-state index in [1.165, 1.54) is 0 Å². The fourth-order valence-electron chi connectivity index (χ4n) is 2.30. The van der Waals surface area contributed by atoms with Gasteiger partial charge in [0.1, 0.15) is 5.69 Å². The molecule has 1 aromatic heterocycles. The molecule has 0 aliphatic rings. The number of hydrogen-bond donors (Lipinski definition) is 1. The van der Waals surface area contributed by atoms with Crippen molar-refractivity contribution in [3.05, 3.63) is 40.8 Å². The van der Waals surface area contributed by atoms with Crippen molar-refractivity contribution >= 4 is 15.7 Å². The van der Waals surface area contributed by atoms with Gasteiger partial charge in [0.25, 0.3) is 10.0 Å². The lowest BCUT2D eigenvalue weighted by Crippen LogP contribution is -2.16. The average Bonchev–Trinajstić information content (AvgIpc) is 2.70. The lowest BCUT2D eigenvalue weighted by molar-refractivity contribution is 0.390. The lowest BCUT2D eigenvalue weighted by atomic mass is 9.86. The van der Waals surface area contributed by atoms with Crippen LogP contribution in [0, 0.1) is 20.8 Å². The molecule has 1 heterocycles. The van der Waals surface area contributed by atoms with Gasteiger partial charge in [-0.25, -0.2) is 8.42 Å². The zero-order valence-electron chi connectivity index (χ0n) is 13.8. The average molecular weight is 322 g/mol. The van der Waals surface area contributed by atoms with E-state index in [9.17, 15) is 8.42 Å². The molecule has 0 aliphatic carbocycles. The van der Waals surface area contributed by atoms with Gasteiger partial charge in [-0.05, 0) is 43.4 Å². The Morgan fingerprint density at radius 2 is 1.77 bits per heavy atom. The van der Waals surface area contributed by atoms with Crippen molar-refractivity contribution in [2.24, 2.45) is 0 Å². The molecule has 0 bridgehead atoms. The van der Waals surface area contributed by atoms with Gasteiger partial charge in [0.05, 0.1) is 5.69 Å². The van der Waals surface area contributed by atoms with Gasteiger partial charge in [-0.3, -0.25) is 4.72 Å². The van der Waals surface area contributed by atoms with Crippen LogP contribution in [0.4, 0.5) is 5.69 Å². The first-order valence-electron chi connectivity index (χ1n) is 7.09. The van der Waals surface area contributed by atoms with Gasteiger partial charge in [-0.2, -0.15) is 0 Å². The number of rotatable bonds is 3. The molecular weight excluding hydrogens is 300 g/mol. The van der Waals surface area contributed by atoms with Gasteiger partial charge in [-0.15, -0.1) is 0 Å². The van der Waals surface area contributed by atoms with Crippen LogP contribution in [-0.2, 0) is 15.4 Å². The number of aryl methyl sites for hydroxylation is 3. The lowest BCUT2D eigenvalue weighted by Gasteiger charge is -2.21. The minimum absolute atomic E-state index is 0.0177. The van der Waals surface area contributed by atoms with Crippen molar-refractivity contribution in [3.8, 4) is 0 Å². The van der Waals surface area contributed by atoms with Crippen LogP contribution in [-0.4, -0.2) is 13.6 Å². The number of sulfonamides is 1. The van der Waals surface area contributed by atoms with Crippen molar-refractivity contribution in [2.45, 2.75) is 51.9 Å². The summed E-state index contributed by atoms with van der Waals surface area (Å²) in [7, 11) is -3.71. The van der Waals surface area contributed by atoms with Crippen LogP contribution in [0.2, 0.25) is 0 Å². The van der Waals surface area contributed by atoms with E-state index in [0.717, 1.165) is 11.1 Å². The molecule has 120 valence electrons. The summed E-state index contributed by atoms with van der Waals surface area (Å²) in [6.07, 6.45) is 0. The smallest absolute Gasteiger partial charge is 0.267 e. The zero-order chi connectivity index (χ0) is 16.7. The number of nitrogens with one attached hydrogen (secondary N) is 1. The van der Waals surface area contributed by atoms with E-state index in [-0.39, 0.29) is 16.1 Å². The second-order valence-corrected chi connectivity index (χ2v) is 8.16. The van der Waals surface area contributed by atoms with Crippen molar-refractivity contribution in [1.29, 1.82) is 0 Å². The Balaban J connectivity index is 2.39. The monoisotopic (exact) mass is 322 g/mol. The van der Waals surface area contributed by atoms with E-state index >= 15 is 0 Å². The second kappa shape index (κ2) is 5.43. The van der Waals surface area contributed by atoms with E-state index in [4.69, 9.17) is 4.52 Å². The quantitative estimate of drug-likeness (QED) is 0.935. The fourth-order valence-corrected chi connectivity index (χ4v) is 3.76. The first-order chi connectivity index (χ1) is 10.0. The zero-order valence-corrected chi connectivity index (χ0v) is 14.6. The number of nitrogens with zero attached hydrogens (tertiary/aromatic N) is 1. The molecule has 0 saturated heterocycles. The third kappa shape index (κ3) is 3.16. The predicted molar refractivity (Wildman–Crippen MR) is 86.7 cm³/mol. The van der Waals surface area contributed by atoms with Gasteiger partial charge in [0.15, 0.2) is 10.7 Å². The molecule has 0 saturated carbocycles. The summed E-state index contributed by atoms with van der Waals surface area (Å²) in [6, 6.07) is 5.75. The van der Waals surface area contributed by atoms with E-state index in [2.05, 4.69) is 30.6 Å². The van der Waals surface area contributed by atoms with E-state index in [1.54, 1.807) is 19.9 Å². The Morgan fingerprint density at radius 3 is 2.23 bits per heavy atom. The minimum Gasteiger partial charge on any atom is -0.360 e. The van der Waals surface area contributed by atoms with Gasteiger partial charge < -0.3 is 4.52 Å². The Labute approximate surface area is 131 Å². The van der Waals surface area contributed by atoms with Gasteiger partial charge in [0, 0.05) is 0 Å². The molecule has 0 fully saturated rings. The fraction of sp³-hybridized carbons (Fsp3) is 0.438. The van der Waals surface area contributed by atoms with E-state index in [1.807, 2.05) is 19.1 Å². The minimum atomic E-state index is -3.71. The van der Waals surface area contributed by atoms with Gasteiger partial charge >= 0.3 is 0 Å². The Hall–Kier alpha value is -1.82. The highest BCUT2D eigenvalue weighted by atomic mass is 32.2. The second-order valence-electron chi connectivity index (χ2n) is 6.54. The molecule has 0 atom stereocenters. The van der Waals surface area contributed by atoms with E-state index in [0.29, 0.717) is 11.4 Å². The molecule has 22 heavy (non-hydrogen) atoms. The normalized spacial score (nSPS) is 12.5. The molecule has 1 N–H and O–H groups in total. The molecule has 2 rings (SSSR count). The van der Waals surface area contributed by atoms with Gasteiger partial charge in [-0.1, -0.05) is 38.1 Å². The van der Waals surface area contributed by atoms with Crippen LogP contribution in [0.5, 0.6) is 0 Å². The summed E-state index contributed by atoms with van der Waals surface area (Å²) >= 11 is 0. The molecule has 5 nitrogen and oxygen atoms in total. The molecule has 1 aromatic carbocycles. The third-order valence-corrected chi connectivity index (χ3v) is 5.18. The van der Waals surface area contributed by atoms with Crippen molar-refractivity contribution in [3.63, 3.8) is 0 Å². The summed E-state index contributed by atoms with van der Waals surface area (Å²) in [4.78, 5) is 0.104. The van der Waals surface area contributed by atoms with Crippen molar-refractivity contribution in [1.82, 2.24) is 5.16 Å². The molecule has 2 aromatic rings. The van der Waals surface area contributed by atoms with Crippen molar-refractivity contribution < 1.29 is 12.9 Å². The maximum Gasteiger partial charge on any atom is 0.267 e. The molecule has 6 heteroatoms. The summed E-state index contributed by atoms with van der Waals surface area (Å²) in [5, 5.41) is 3.70. The number of anilines is 1. The highest BCUT2D eigenvalue weighted by Crippen LogP contribution is 2.28. The topological polar surface area (TPSA) is 72.2 Å². The van der Waals surface area contributed by atoms with Crippen LogP contribution < -0.4 is 4.72 Å². The summed E-state index contributed by atoms with van der Waals surface area (Å²) in [5.74, 6) is 0.286. The van der Waals surface area contributed by atoms with Crippen LogP contribution >= 0.6 is 0 Å². The summed E-state index contributed by atoms with van der Waals surface area (Å²) in [5.41, 5.74) is 2.97. The first-order valence-corrected chi connectivity index (χ1v) is 8.57. The highest BCUT2D eigenvalue weighted by molar-refractivity contribution is 7.92. The van der Waals surface area contributed by atoms with Crippen LogP contribution in [0.25, 0.3) is 0 Å². The summed E-state index contributed by atoms with van der Waals surface area (Å²) < 4.78 is 32.6.